The van der Waals surface area contributed by atoms with Crippen molar-refractivity contribution < 1.29 is 0 Å². The van der Waals surface area contributed by atoms with Crippen LogP contribution in [0.25, 0.3) is 11.3 Å². The summed E-state index contributed by atoms with van der Waals surface area (Å²) in [5, 5.41) is 15.1. The average molecular weight is 360 g/mol. The van der Waals surface area contributed by atoms with E-state index in [9.17, 15) is 0 Å². The Morgan fingerprint density at radius 2 is 1.58 bits per heavy atom. The molecule has 4 aromatic rings. The molecular weight excluding hydrogens is 340 g/mol. The van der Waals surface area contributed by atoms with Crippen molar-refractivity contribution in [3.8, 4) is 11.3 Å². The van der Waals surface area contributed by atoms with E-state index in [0.717, 1.165) is 23.5 Å². The molecule has 4 rings (SSSR count). The summed E-state index contributed by atoms with van der Waals surface area (Å²) in [6.45, 7) is 2.21. The Morgan fingerprint density at radius 1 is 0.808 bits per heavy atom. The number of hydrogen-bond acceptors (Lipinski definition) is 4. The molecule has 26 heavy (non-hydrogen) atoms. The molecule has 0 fully saturated rings. The Balaban J connectivity index is 1.55. The number of thiophene rings is 1. The quantitative estimate of drug-likeness (QED) is 0.533. The molecule has 0 aliphatic heterocycles. The van der Waals surface area contributed by atoms with Gasteiger partial charge < -0.3 is 5.32 Å². The third-order valence-corrected chi connectivity index (χ3v) is 4.99. The highest BCUT2D eigenvalue weighted by Gasteiger charge is 2.13. The lowest BCUT2D eigenvalue weighted by atomic mass is 10.1. The van der Waals surface area contributed by atoms with Crippen molar-refractivity contribution in [1.82, 2.24) is 20.3 Å². The van der Waals surface area contributed by atoms with Crippen LogP contribution in [0.4, 0.5) is 0 Å². The molecule has 2 aromatic carbocycles. The maximum absolute atomic E-state index is 4.76. The van der Waals surface area contributed by atoms with E-state index in [1.54, 1.807) is 16.1 Å². The molecule has 0 saturated carbocycles. The molecule has 0 radical (unpaired) electrons. The van der Waals surface area contributed by atoms with Gasteiger partial charge in [-0.25, -0.2) is 0 Å². The Kier molecular flexibility index (Phi) is 5.19. The Bertz CT molecular complexity index is 931. The van der Waals surface area contributed by atoms with E-state index in [1.165, 1.54) is 10.4 Å². The first-order valence-electron chi connectivity index (χ1n) is 8.65. The first-order chi connectivity index (χ1) is 12.9. The van der Waals surface area contributed by atoms with Crippen LogP contribution >= 0.6 is 11.3 Å². The zero-order chi connectivity index (χ0) is 17.6. The van der Waals surface area contributed by atoms with Crippen LogP contribution in [0.5, 0.6) is 0 Å². The summed E-state index contributed by atoms with van der Waals surface area (Å²) in [6.07, 6.45) is 0. The minimum absolute atomic E-state index is 0.672. The lowest BCUT2D eigenvalue weighted by molar-refractivity contribution is 0.577. The third kappa shape index (κ3) is 4.07. The van der Waals surface area contributed by atoms with Gasteiger partial charge in [-0.1, -0.05) is 66.7 Å². The normalized spacial score (nSPS) is 10.9. The zero-order valence-corrected chi connectivity index (χ0v) is 15.2. The summed E-state index contributed by atoms with van der Waals surface area (Å²) >= 11 is 1.76. The highest BCUT2D eigenvalue weighted by Crippen LogP contribution is 2.20. The fourth-order valence-corrected chi connectivity index (χ4v) is 3.53. The lowest BCUT2D eigenvalue weighted by Gasteiger charge is -2.02. The first kappa shape index (κ1) is 16.7. The van der Waals surface area contributed by atoms with Crippen LogP contribution in [0.3, 0.4) is 0 Å². The van der Waals surface area contributed by atoms with Crippen molar-refractivity contribution in [2.24, 2.45) is 0 Å². The number of hydrogen-bond donors (Lipinski definition) is 1. The van der Waals surface area contributed by atoms with Gasteiger partial charge >= 0.3 is 0 Å². The second-order valence-corrected chi connectivity index (χ2v) is 7.09. The number of rotatable bonds is 7. The molecule has 5 heteroatoms. The molecule has 0 bridgehead atoms. The maximum Gasteiger partial charge on any atom is 0.117 e. The summed E-state index contributed by atoms with van der Waals surface area (Å²) in [7, 11) is 0. The van der Waals surface area contributed by atoms with Gasteiger partial charge in [-0.05, 0) is 17.0 Å². The Hall–Kier alpha value is -2.76. The maximum atomic E-state index is 4.76. The molecular formula is C21H20N4S. The molecule has 2 aromatic heterocycles. The summed E-state index contributed by atoms with van der Waals surface area (Å²) in [6, 6.07) is 24.8. The molecule has 2 heterocycles. The molecule has 0 aliphatic rings. The van der Waals surface area contributed by atoms with Crippen molar-refractivity contribution in [2.45, 2.75) is 19.6 Å². The molecule has 0 aliphatic carbocycles. The monoisotopic (exact) mass is 360 g/mol. The van der Waals surface area contributed by atoms with Gasteiger partial charge in [0, 0.05) is 23.5 Å². The molecule has 130 valence electrons. The largest absolute Gasteiger partial charge is 0.306 e. The molecule has 4 nitrogen and oxygen atoms in total. The van der Waals surface area contributed by atoms with Gasteiger partial charge in [0.1, 0.15) is 11.4 Å². The molecule has 0 unspecified atom stereocenters. The van der Waals surface area contributed by atoms with Crippen molar-refractivity contribution in [2.75, 3.05) is 0 Å². The smallest absolute Gasteiger partial charge is 0.117 e. The van der Waals surface area contributed by atoms with Crippen LogP contribution in [-0.2, 0) is 19.6 Å². The summed E-state index contributed by atoms with van der Waals surface area (Å²) in [5.41, 5.74) is 4.21. The van der Waals surface area contributed by atoms with Crippen LogP contribution < -0.4 is 5.32 Å². The van der Waals surface area contributed by atoms with Gasteiger partial charge in [-0.3, -0.25) is 0 Å². The highest BCUT2D eigenvalue weighted by molar-refractivity contribution is 7.09. The molecule has 1 N–H and O–H groups in total. The molecule has 0 saturated heterocycles. The van der Waals surface area contributed by atoms with Gasteiger partial charge in [0.05, 0.1) is 6.54 Å². The Labute approximate surface area is 157 Å². The minimum atomic E-state index is 0.672. The van der Waals surface area contributed by atoms with E-state index >= 15 is 0 Å². The van der Waals surface area contributed by atoms with Crippen molar-refractivity contribution in [3.05, 3.63) is 94.3 Å². The van der Waals surface area contributed by atoms with E-state index in [1.807, 2.05) is 36.4 Å². The predicted octanol–water partition coefficient (Wildman–Crippen LogP) is 4.34. The van der Waals surface area contributed by atoms with E-state index in [-0.39, 0.29) is 0 Å². The summed E-state index contributed by atoms with van der Waals surface area (Å²) in [4.78, 5) is 3.11. The van der Waals surface area contributed by atoms with E-state index in [4.69, 9.17) is 10.2 Å². The topological polar surface area (TPSA) is 42.7 Å². The van der Waals surface area contributed by atoms with Crippen LogP contribution in [0.15, 0.2) is 78.2 Å². The lowest BCUT2D eigenvalue weighted by Crippen LogP contribution is -2.13. The SMILES string of the molecule is c1ccc(Cn2nc(CNCc3cccs3)c(-c3ccccc3)n2)cc1. The molecule has 0 amide bonds. The Morgan fingerprint density at radius 3 is 2.31 bits per heavy atom. The van der Waals surface area contributed by atoms with Crippen molar-refractivity contribution in [3.63, 3.8) is 0 Å². The summed E-state index contributed by atoms with van der Waals surface area (Å²) in [5.74, 6) is 0. The average Bonchev–Trinajstić information content (AvgIpc) is 3.34. The zero-order valence-electron chi connectivity index (χ0n) is 14.4. The van der Waals surface area contributed by atoms with E-state index < -0.39 is 0 Å². The summed E-state index contributed by atoms with van der Waals surface area (Å²) < 4.78 is 0. The van der Waals surface area contributed by atoms with Crippen LogP contribution in [0.2, 0.25) is 0 Å². The van der Waals surface area contributed by atoms with Gasteiger partial charge in [0.15, 0.2) is 0 Å². The van der Waals surface area contributed by atoms with Gasteiger partial charge in [-0.2, -0.15) is 15.0 Å². The van der Waals surface area contributed by atoms with Crippen LogP contribution in [0, 0.1) is 0 Å². The van der Waals surface area contributed by atoms with Crippen LogP contribution in [-0.4, -0.2) is 15.0 Å². The van der Waals surface area contributed by atoms with Crippen molar-refractivity contribution in [1.29, 1.82) is 0 Å². The van der Waals surface area contributed by atoms with Gasteiger partial charge in [-0.15, -0.1) is 11.3 Å². The molecule has 0 atom stereocenters. The third-order valence-electron chi connectivity index (χ3n) is 4.11. The van der Waals surface area contributed by atoms with E-state index in [2.05, 4.69) is 47.1 Å². The standard InChI is InChI=1S/C21H20N4S/c1-3-8-17(9-4-1)16-25-23-20(15-22-14-19-12-7-13-26-19)21(24-25)18-10-5-2-6-11-18/h1-13,22H,14-16H2. The molecule has 0 spiro atoms. The number of nitrogens with one attached hydrogen (secondary N) is 1. The second-order valence-electron chi connectivity index (χ2n) is 6.06. The van der Waals surface area contributed by atoms with Gasteiger partial charge in [0.25, 0.3) is 0 Å². The predicted molar refractivity (Wildman–Crippen MR) is 106 cm³/mol. The first-order valence-corrected chi connectivity index (χ1v) is 9.53. The van der Waals surface area contributed by atoms with Crippen LogP contribution in [0.1, 0.15) is 16.1 Å². The number of aromatic nitrogens is 3. The highest BCUT2D eigenvalue weighted by atomic mass is 32.1. The fraction of sp³-hybridized carbons (Fsp3) is 0.143. The fourth-order valence-electron chi connectivity index (χ4n) is 2.86. The second kappa shape index (κ2) is 8.08. The number of benzene rings is 2. The van der Waals surface area contributed by atoms with E-state index in [0.29, 0.717) is 13.1 Å². The van der Waals surface area contributed by atoms with Crippen molar-refractivity contribution >= 4 is 11.3 Å². The minimum Gasteiger partial charge on any atom is -0.306 e. The van der Waals surface area contributed by atoms with Gasteiger partial charge in [0.2, 0.25) is 0 Å². The number of nitrogens with zero attached hydrogens (tertiary/aromatic N) is 3.